The van der Waals surface area contributed by atoms with Crippen LogP contribution in [0.25, 0.3) is 0 Å². The minimum Gasteiger partial charge on any atom is -0.465 e. The van der Waals surface area contributed by atoms with Gasteiger partial charge in [-0.05, 0) is 70.1 Å². The predicted molar refractivity (Wildman–Crippen MR) is 127 cm³/mol. The molecule has 0 unspecified atom stereocenters. The summed E-state index contributed by atoms with van der Waals surface area (Å²) >= 11 is 0. The maximum absolute atomic E-state index is 13.2. The first kappa shape index (κ1) is 28.2. The summed E-state index contributed by atoms with van der Waals surface area (Å²) in [5, 5.41) is 12.7. The molecule has 1 aromatic rings. The van der Waals surface area contributed by atoms with Crippen LogP contribution in [0.4, 0.5) is 18.0 Å². The van der Waals surface area contributed by atoms with Gasteiger partial charge < -0.3 is 10.4 Å². The van der Waals surface area contributed by atoms with Gasteiger partial charge >= 0.3 is 12.3 Å². The number of amides is 2. The molecule has 8 nitrogen and oxygen atoms in total. The van der Waals surface area contributed by atoms with Crippen LogP contribution >= 0.6 is 0 Å². The van der Waals surface area contributed by atoms with E-state index in [0.717, 1.165) is 23.1 Å². The van der Waals surface area contributed by atoms with E-state index in [2.05, 4.69) is 5.32 Å². The van der Waals surface area contributed by atoms with Crippen LogP contribution in [-0.4, -0.2) is 65.4 Å². The molecule has 0 aromatic heterocycles. The summed E-state index contributed by atoms with van der Waals surface area (Å²) in [4.78, 5) is 25.9. The number of nitrogens with one attached hydrogen (secondary N) is 1. The van der Waals surface area contributed by atoms with Crippen molar-refractivity contribution in [2.24, 2.45) is 11.8 Å². The Kier molecular flexibility index (Phi) is 8.00. The highest BCUT2D eigenvalue weighted by atomic mass is 32.2. The molecule has 1 saturated carbocycles. The highest BCUT2D eigenvalue weighted by molar-refractivity contribution is 7.89. The summed E-state index contributed by atoms with van der Waals surface area (Å²) in [6.45, 7) is 7.26. The maximum atomic E-state index is 13.2. The van der Waals surface area contributed by atoms with Gasteiger partial charge in [0.1, 0.15) is 6.04 Å². The van der Waals surface area contributed by atoms with E-state index < -0.39 is 50.2 Å². The molecule has 1 aliphatic heterocycles. The second kappa shape index (κ2) is 10.2. The third-order valence-corrected chi connectivity index (χ3v) is 8.88. The van der Waals surface area contributed by atoms with Crippen LogP contribution in [0.3, 0.4) is 0 Å². The minimum atomic E-state index is -4.66. The van der Waals surface area contributed by atoms with E-state index in [1.807, 2.05) is 6.92 Å². The molecule has 4 atom stereocenters. The zero-order valence-corrected chi connectivity index (χ0v) is 21.7. The van der Waals surface area contributed by atoms with E-state index >= 15 is 0 Å². The molecule has 12 heteroatoms. The second-order valence-corrected chi connectivity index (χ2v) is 12.5. The van der Waals surface area contributed by atoms with Gasteiger partial charge in [0, 0.05) is 24.7 Å². The van der Waals surface area contributed by atoms with Crippen molar-refractivity contribution in [1.29, 1.82) is 0 Å². The number of rotatable bonds is 7. The number of hydrogen-bond donors (Lipinski definition) is 2. The lowest BCUT2D eigenvalue weighted by Gasteiger charge is -2.39. The van der Waals surface area contributed by atoms with E-state index in [1.165, 1.54) is 4.31 Å². The van der Waals surface area contributed by atoms with Crippen LogP contribution in [0, 0.1) is 11.8 Å². The number of fused-ring (bicyclic) bond motifs is 1. The SMILES string of the molecule is CCC[C@@H](C(=O)N[C@H]1CC[C@@H]2CN(S(=O)(=O)c3cccc(C(F)(F)F)c3)C[C@@H]21)N(C(=O)O)C(C)(C)C. The number of carboxylic acid groups (broad SMARTS) is 1. The molecule has 2 amide bonds. The van der Waals surface area contributed by atoms with Crippen LogP contribution in [0.2, 0.25) is 0 Å². The molecular weight excluding hydrogens is 499 g/mol. The largest absolute Gasteiger partial charge is 0.465 e. The van der Waals surface area contributed by atoms with Crippen LogP contribution in [0.5, 0.6) is 0 Å². The number of halogens is 3. The zero-order chi connectivity index (χ0) is 27.1. The lowest BCUT2D eigenvalue weighted by Crippen LogP contribution is -2.58. The molecule has 1 saturated heterocycles. The molecule has 3 rings (SSSR count). The van der Waals surface area contributed by atoms with Crippen LogP contribution in [0.15, 0.2) is 29.2 Å². The van der Waals surface area contributed by atoms with Gasteiger partial charge in [-0.15, -0.1) is 0 Å². The van der Waals surface area contributed by atoms with Crippen LogP contribution < -0.4 is 5.32 Å². The molecule has 0 radical (unpaired) electrons. The Bertz CT molecular complexity index is 1090. The van der Waals surface area contributed by atoms with Gasteiger partial charge in [0.2, 0.25) is 15.9 Å². The molecule has 202 valence electrons. The Morgan fingerprint density at radius 1 is 1.19 bits per heavy atom. The Hall–Kier alpha value is -2.34. The van der Waals surface area contributed by atoms with Gasteiger partial charge in [-0.2, -0.15) is 17.5 Å². The highest BCUT2D eigenvalue weighted by Gasteiger charge is 2.48. The van der Waals surface area contributed by atoms with E-state index in [1.54, 1.807) is 20.8 Å². The summed E-state index contributed by atoms with van der Waals surface area (Å²) in [5.74, 6) is -0.664. The maximum Gasteiger partial charge on any atom is 0.416 e. The standard InChI is InChI=1S/C24H34F3N3O5S/c1-5-7-20(30(22(32)33)23(2,3)4)21(31)28-19-11-10-15-13-29(14-18(15)19)36(34,35)17-9-6-8-16(12-17)24(25,26)27/h6,8-9,12,15,18-20H,5,7,10-11,13-14H2,1-4H3,(H,28,31)(H,32,33)/t15-,18+,19+,20+/m1/s1. The first-order valence-corrected chi connectivity index (χ1v) is 13.5. The van der Waals surface area contributed by atoms with Gasteiger partial charge in [-0.1, -0.05) is 19.4 Å². The minimum absolute atomic E-state index is 0.0429. The fourth-order valence-electron chi connectivity index (χ4n) is 5.40. The first-order valence-electron chi connectivity index (χ1n) is 12.1. The Labute approximate surface area is 209 Å². The van der Waals surface area contributed by atoms with Crippen molar-refractivity contribution in [1.82, 2.24) is 14.5 Å². The predicted octanol–water partition coefficient (Wildman–Crippen LogP) is 4.17. The van der Waals surface area contributed by atoms with Crippen molar-refractivity contribution < 1.29 is 36.3 Å². The lowest BCUT2D eigenvalue weighted by atomic mass is 9.96. The van der Waals surface area contributed by atoms with Crippen molar-refractivity contribution in [2.45, 2.75) is 82.1 Å². The molecule has 0 bridgehead atoms. The molecule has 1 aliphatic carbocycles. The van der Waals surface area contributed by atoms with E-state index in [4.69, 9.17) is 0 Å². The molecule has 0 spiro atoms. The zero-order valence-electron chi connectivity index (χ0n) is 20.9. The van der Waals surface area contributed by atoms with Crippen molar-refractivity contribution in [3.63, 3.8) is 0 Å². The molecule has 2 N–H and O–H groups in total. The first-order chi connectivity index (χ1) is 16.6. The van der Waals surface area contributed by atoms with Gasteiger partial charge in [-0.25, -0.2) is 13.2 Å². The molecule has 1 heterocycles. The van der Waals surface area contributed by atoms with E-state index in [0.29, 0.717) is 31.7 Å². The number of hydrogen-bond acceptors (Lipinski definition) is 4. The third kappa shape index (κ3) is 5.80. The number of nitrogens with zero attached hydrogens (tertiary/aromatic N) is 2. The molecular formula is C24H34F3N3O5S. The average Bonchev–Trinajstić information content (AvgIpc) is 3.34. The summed E-state index contributed by atoms with van der Waals surface area (Å²) in [6, 6.07) is 2.46. The summed E-state index contributed by atoms with van der Waals surface area (Å²) < 4.78 is 66.8. The lowest BCUT2D eigenvalue weighted by molar-refractivity contribution is -0.137. The molecule has 1 aromatic carbocycles. The number of sulfonamides is 1. The summed E-state index contributed by atoms with van der Waals surface area (Å²) in [6.07, 6.45) is -3.64. The van der Waals surface area contributed by atoms with E-state index in [9.17, 15) is 36.3 Å². The van der Waals surface area contributed by atoms with Crippen LogP contribution in [0.1, 0.15) is 58.9 Å². The summed E-state index contributed by atoms with van der Waals surface area (Å²) in [5.41, 5.74) is -1.83. The van der Waals surface area contributed by atoms with Crippen molar-refractivity contribution in [3.8, 4) is 0 Å². The quantitative estimate of drug-likeness (QED) is 0.547. The fourth-order valence-corrected chi connectivity index (χ4v) is 6.98. The highest BCUT2D eigenvalue weighted by Crippen LogP contribution is 2.41. The van der Waals surface area contributed by atoms with E-state index in [-0.39, 0.29) is 31.0 Å². The number of carbonyl (C=O) groups excluding carboxylic acids is 1. The number of carbonyl (C=O) groups is 2. The number of alkyl halides is 3. The van der Waals surface area contributed by atoms with Crippen molar-refractivity contribution >= 4 is 22.0 Å². The Balaban J connectivity index is 1.76. The van der Waals surface area contributed by atoms with Gasteiger partial charge in [0.05, 0.1) is 10.5 Å². The van der Waals surface area contributed by atoms with Crippen molar-refractivity contribution in [2.75, 3.05) is 13.1 Å². The smallest absolute Gasteiger partial charge is 0.416 e. The fraction of sp³-hybridized carbons (Fsp3) is 0.667. The molecule has 2 aliphatic rings. The third-order valence-electron chi connectivity index (χ3n) is 7.06. The normalized spacial score (nSPS) is 23.8. The summed E-state index contributed by atoms with van der Waals surface area (Å²) in [7, 11) is -4.15. The monoisotopic (exact) mass is 533 g/mol. The second-order valence-electron chi connectivity index (χ2n) is 10.6. The Morgan fingerprint density at radius 3 is 2.42 bits per heavy atom. The topological polar surface area (TPSA) is 107 Å². The average molecular weight is 534 g/mol. The number of benzene rings is 1. The molecule has 36 heavy (non-hydrogen) atoms. The van der Waals surface area contributed by atoms with Gasteiger partial charge in [-0.3, -0.25) is 9.69 Å². The molecule has 2 fully saturated rings. The van der Waals surface area contributed by atoms with Gasteiger partial charge in [0.15, 0.2) is 0 Å². The van der Waals surface area contributed by atoms with Crippen molar-refractivity contribution in [3.05, 3.63) is 29.8 Å². The van der Waals surface area contributed by atoms with Crippen LogP contribution in [-0.2, 0) is 21.0 Å². The Morgan fingerprint density at radius 2 is 1.86 bits per heavy atom. The van der Waals surface area contributed by atoms with Gasteiger partial charge in [0.25, 0.3) is 0 Å².